The standard InChI is InChI=1S/C16H22ClFO/c1-16(2)7-5-11(6-8-16)15(19)9-12-3-4-13(17)10-14(12)18/h3-4,10-11,15,19H,5-9H2,1-2H3. The van der Waals surface area contributed by atoms with Gasteiger partial charge in [0.25, 0.3) is 0 Å². The monoisotopic (exact) mass is 284 g/mol. The fraction of sp³-hybridized carbons (Fsp3) is 0.625. The minimum absolute atomic E-state index is 0.295. The first kappa shape index (κ1) is 14.8. The second kappa shape index (κ2) is 5.80. The highest BCUT2D eigenvalue weighted by atomic mass is 35.5. The average molecular weight is 285 g/mol. The molecule has 0 aliphatic heterocycles. The molecule has 2 rings (SSSR count). The van der Waals surface area contributed by atoms with Gasteiger partial charge in [-0.05, 0) is 54.7 Å². The first-order valence-electron chi connectivity index (χ1n) is 6.99. The zero-order chi connectivity index (χ0) is 14.0. The van der Waals surface area contributed by atoms with Gasteiger partial charge >= 0.3 is 0 Å². The van der Waals surface area contributed by atoms with Crippen molar-refractivity contribution in [1.82, 2.24) is 0 Å². The third-order valence-corrected chi connectivity index (χ3v) is 4.61. The van der Waals surface area contributed by atoms with Crippen LogP contribution in [0, 0.1) is 17.2 Å². The predicted octanol–water partition coefficient (Wildman–Crippen LogP) is 4.60. The molecule has 1 saturated carbocycles. The van der Waals surface area contributed by atoms with E-state index in [9.17, 15) is 9.50 Å². The molecule has 1 aromatic rings. The fourth-order valence-electron chi connectivity index (χ4n) is 2.89. The Balaban J connectivity index is 1.96. The van der Waals surface area contributed by atoms with E-state index >= 15 is 0 Å². The van der Waals surface area contributed by atoms with E-state index in [0.717, 1.165) is 25.7 Å². The van der Waals surface area contributed by atoms with Gasteiger partial charge in [0.15, 0.2) is 0 Å². The molecule has 0 radical (unpaired) electrons. The number of benzene rings is 1. The Morgan fingerprint density at radius 3 is 2.58 bits per heavy atom. The molecule has 0 aromatic heterocycles. The highest BCUT2D eigenvalue weighted by Crippen LogP contribution is 2.39. The maximum absolute atomic E-state index is 13.7. The Morgan fingerprint density at radius 1 is 1.37 bits per heavy atom. The summed E-state index contributed by atoms with van der Waals surface area (Å²) in [7, 11) is 0. The number of halogens is 2. The van der Waals surface area contributed by atoms with E-state index in [-0.39, 0.29) is 5.82 Å². The van der Waals surface area contributed by atoms with Gasteiger partial charge in [0.2, 0.25) is 0 Å². The number of hydrogen-bond acceptors (Lipinski definition) is 1. The first-order chi connectivity index (χ1) is 8.87. The second-order valence-corrected chi connectivity index (χ2v) is 6.95. The molecule has 19 heavy (non-hydrogen) atoms. The van der Waals surface area contributed by atoms with Crippen LogP contribution in [0.2, 0.25) is 5.02 Å². The van der Waals surface area contributed by atoms with Gasteiger partial charge in [0, 0.05) is 11.4 Å². The molecule has 1 fully saturated rings. The summed E-state index contributed by atoms with van der Waals surface area (Å²) < 4.78 is 13.7. The molecular formula is C16H22ClFO. The molecule has 0 bridgehead atoms. The summed E-state index contributed by atoms with van der Waals surface area (Å²) in [6.07, 6.45) is 4.27. The quantitative estimate of drug-likeness (QED) is 0.860. The molecule has 1 aliphatic rings. The molecule has 0 saturated heterocycles. The van der Waals surface area contributed by atoms with Crippen LogP contribution in [0.15, 0.2) is 18.2 Å². The lowest BCUT2D eigenvalue weighted by Crippen LogP contribution is -2.30. The predicted molar refractivity (Wildman–Crippen MR) is 76.9 cm³/mol. The van der Waals surface area contributed by atoms with E-state index in [1.165, 1.54) is 6.07 Å². The third-order valence-electron chi connectivity index (χ3n) is 4.37. The van der Waals surface area contributed by atoms with Crippen molar-refractivity contribution in [2.75, 3.05) is 0 Å². The number of rotatable bonds is 3. The van der Waals surface area contributed by atoms with Crippen LogP contribution < -0.4 is 0 Å². The van der Waals surface area contributed by atoms with E-state index in [1.54, 1.807) is 12.1 Å². The van der Waals surface area contributed by atoms with Crippen LogP contribution in [0.1, 0.15) is 45.1 Å². The lowest BCUT2D eigenvalue weighted by atomic mass is 9.71. The number of hydrogen-bond donors (Lipinski definition) is 1. The molecule has 1 atom stereocenters. The maximum Gasteiger partial charge on any atom is 0.127 e. The summed E-state index contributed by atoms with van der Waals surface area (Å²) in [6, 6.07) is 4.66. The molecule has 1 aromatic carbocycles. The van der Waals surface area contributed by atoms with Crippen LogP contribution >= 0.6 is 11.6 Å². The topological polar surface area (TPSA) is 20.2 Å². The number of aliphatic hydroxyl groups is 1. The summed E-state index contributed by atoms with van der Waals surface area (Å²) in [5.74, 6) is -0.0224. The molecular weight excluding hydrogens is 263 g/mol. The average Bonchev–Trinajstić information content (AvgIpc) is 2.32. The number of aliphatic hydroxyl groups excluding tert-OH is 1. The molecule has 0 amide bonds. The lowest BCUT2D eigenvalue weighted by molar-refractivity contribution is 0.0571. The Kier molecular flexibility index (Phi) is 4.52. The van der Waals surface area contributed by atoms with Crippen molar-refractivity contribution >= 4 is 11.6 Å². The highest BCUT2D eigenvalue weighted by Gasteiger charge is 2.30. The van der Waals surface area contributed by atoms with Gasteiger partial charge < -0.3 is 5.11 Å². The summed E-state index contributed by atoms with van der Waals surface area (Å²) >= 11 is 5.73. The molecule has 0 spiro atoms. The molecule has 1 N–H and O–H groups in total. The normalized spacial score (nSPS) is 21.3. The summed E-state index contributed by atoms with van der Waals surface area (Å²) in [5, 5.41) is 10.7. The van der Waals surface area contributed by atoms with Gasteiger partial charge in [-0.1, -0.05) is 31.5 Å². The van der Waals surface area contributed by atoms with Crippen molar-refractivity contribution in [3.05, 3.63) is 34.6 Å². The zero-order valence-electron chi connectivity index (χ0n) is 11.6. The Morgan fingerprint density at radius 2 is 2.00 bits per heavy atom. The van der Waals surface area contributed by atoms with Crippen molar-refractivity contribution in [1.29, 1.82) is 0 Å². The van der Waals surface area contributed by atoms with E-state index in [1.807, 2.05) is 0 Å². The SMILES string of the molecule is CC1(C)CCC(C(O)Cc2ccc(Cl)cc2F)CC1. The fourth-order valence-corrected chi connectivity index (χ4v) is 3.04. The molecule has 106 valence electrons. The van der Waals surface area contributed by atoms with Gasteiger partial charge in [-0.3, -0.25) is 0 Å². The van der Waals surface area contributed by atoms with Gasteiger partial charge in [-0.15, -0.1) is 0 Å². The van der Waals surface area contributed by atoms with Gasteiger partial charge in [-0.2, -0.15) is 0 Å². The van der Waals surface area contributed by atoms with E-state index in [4.69, 9.17) is 11.6 Å². The Hall–Kier alpha value is -0.600. The smallest absolute Gasteiger partial charge is 0.127 e. The molecule has 1 unspecified atom stereocenters. The van der Waals surface area contributed by atoms with Crippen molar-refractivity contribution in [2.45, 2.75) is 52.1 Å². The van der Waals surface area contributed by atoms with E-state index in [0.29, 0.717) is 28.3 Å². The molecule has 1 aliphatic carbocycles. The minimum atomic E-state index is -0.452. The van der Waals surface area contributed by atoms with Crippen molar-refractivity contribution in [2.24, 2.45) is 11.3 Å². The lowest BCUT2D eigenvalue weighted by Gasteiger charge is -2.36. The largest absolute Gasteiger partial charge is 0.392 e. The van der Waals surface area contributed by atoms with Crippen LogP contribution in [-0.4, -0.2) is 11.2 Å². The van der Waals surface area contributed by atoms with Crippen LogP contribution in [0.3, 0.4) is 0 Å². The first-order valence-corrected chi connectivity index (χ1v) is 7.37. The molecule has 1 nitrogen and oxygen atoms in total. The van der Waals surface area contributed by atoms with Crippen LogP contribution in [0.5, 0.6) is 0 Å². The van der Waals surface area contributed by atoms with Crippen molar-refractivity contribution in [3.8, 4) is 0 Å². The maximum atomic E-state index is 13.7. The highest BCUT2D eigenvalue weighted by molar-refractivity contribution is 6.30. The van der Waals surface area contributed by atoms with Crippen molar-refractivity contribution in [3.63, 3.8) is 0 Å². The minimum Gasteiger partial charge on any atom is -0.392 e. The van der Waals surface area contributed by atoms with Crippen LogP contribution in [0.4, 0.5) is 4.39 Å². The van der Waals surface area contributed by atoms with Crippen molar-refractivity contribution < 1.29 is 9.50 Å². The van der Waals surface area contributed by atoms with E-state index < -0.39 is 6.10 Å². The molecule has 3 heteroatoms. The van der Waals surface area contributed by atoms with Gasteiger partial charge in [0.05, 0.1) is 6.10 Å². The Labute approximate surface area is 119 Å². The van der Waals surface area contributed by atoms with Gasteiger partial charge in [-0.25, -0.2) is 4.39 Å². The molecule has 0 heterocycles. The Bertz CT molecular complexity index is 434. The third kappa shape index (κ3) is 3.93. The summed E-state index contributed by atoms with van der Waals surface area (Å²) in [5.41, 5.74) is 0.948. The second-order valence-electron chi connectivity index (χ2n) is 6.51. The van der Waals surface area contributed by atoms with Crippen LogP contribution in [-0.2, 0) is 6.42 Å². The summed E-state index contributed by atoms with van der Waals surface area (Å²) in [4.78, 5) is 0. The zero-order valence-corrected chi connectivity index (χ0v) is 12.4. The van der Waals surface area contributed by atoms with E-state index in [2.05, 4.69) is 13.8 Å². The van der Waals surface area contributed by atoms with Gasteiger partial charge in [0.1, 0.15) is 5.82 Å². The van der Waals surface area contributed by atoms with Crippen LogP contribution in [0.25, 0.3) is 0 Å². The summed E-state index contributed by atoms with van der Waals surface area (Å²) in [6.45, 7) is 4.54.